The van der Waals surface area contributed by atoms with Crippen LogP contribution in [0.4, 0.5) is 0 Å². The van der Waals surface area contributed by atoms with Crippen molar-refractivity contribution in [2.45, 2.75) is 44.2 Å². The molecule has 1 aromatic carbocycles. The Balaban J connectivity index is 1.40. The van der Waals surface area contributed by atoms with Crippen molar-refractivity contribution < 1.29 is 23.9 Å². The molecule has 0 aromatic heterocycles. The highest BCUT2D eigenvalue weighted by atomic mass is 35.5. The van der Waals surface area contributed by atoms with Gasteiger partial charge in [0.2, 0.25) is 11.8 Å². The summed E-state index contributed by atoms with van der Waals surface area (Å²) in [6.07, 6.45) is 4.49. The summed E-state index contributed by atoms with van der Waals surface area (Å²) in [7, 11) is 0. The number of amides is 3. The van der Waals surface area contributed by atoms with Gasteiger partial charge in [0.25, 0.3) is 5.91 Å². The second kappa shape index (κ2) is 9.90. The first kappa shape index (κ1) is 22.6. The number of nitrogens with zero attached hydrogens (tertiary/aromatic N) is 1. The zero-order valence-corrected chi connectivity index (χ0v) is 18.6. The summed E-state index contributed by atoms with van der Waals surface area (Å²) >= 11 is 5.88. The minimum atomic E-state index is -0.751. The molecule has 1 aliphatic carbocycles. The number of rotatable bonds is 8. The van der Waals surface area contributed by atoms with E-state index in [0.717, 1.165) is 19.3 Å². The van der Waals surface area contributed by atoms with Crippen molar-refractivity contribution in [2.24, 2.45) is 17.8 Å². The third-order valence-electron chi connectivity index (χ3n) is 6.85. The van der Waals surface area contributed by atoms with Crippen molar-refractivity contribution in [2.75, 3.05) is 19.7 Å². The number of hydrogen-bond acceptors (Lipinski definition) is 5. The Morgan fingerprint density at radius 3 is 2.72 bits per heavy atom. The normalized spacial score (nSPS) is 27.5. The number of carbonyl (C=O) groups excluding carboxylic acids is 4. The summed E-state index contributed by atoms with van der Waals surface area (Å²) in [5, 5.41) is 6.12. The number of aldehydes is 1. The predicted molar refractivity (Wildman–Crippen MR) is 117 cm³/mol. The Morgan fingerprint density at radius 1 is 1.25 bits per heavy atom. The minimum Gasteiger partial charge on any atom is -0.484 e. The fourth-order valence-corrected chi connectivity index (χ4v) is 5.38. The minimum absolute atomic E-state index is 0.0802. The summed E-state index contributed by atoms with van der Waals surface area (Å²) in [4.78, 5) is 51.3. The molecule has 5 unspecified atom stereocenters. The first-order chi connectivity index (χ1) is 15.5. The summed E-state index contributed by atoms with van der Waals surface area (Å²) in [6, 6.07) is 5.37. The SMILES string of the molecule is O=CC(CC1CCNC1=O)NC(=O)C1C2CCCC2CN1C(=O)COc1ccc(Cl)cc1. The van der Waals surface area contributed by atoms with Crippen molar-refractivity contribution in [3.63, 3.8) is 0 Å². The summed E-state index contributed by atoms with van der Waals surface area (Å²) in [5.41, 5.74) is 0. The number of benzene rings is 1. The number of halogens is 1. The molecule has 2 aliphatic heterocycles. The maximum absolute atomic E-state index is 13.2. The van der Waals surface area contributed by atoms with Gasteiger partial charge in [-0.3, -0.25) is 14.4 Å². The van der Waals surface area contributed by atoms with Crippen molar-refractivity contribution in [3.8, 4) is 5.75 Å². The molecule has 0 spiro atoms. The third kappa shape index (κ3) is 4.90. The second-order valence-corrected chi connectivity index (χ2v) is 9.29. The molecule has 1 saturated carbocycles. The van der Waals surface area contributed by atoms with Gasteiger partial charge in [0.15, 0.2) is 6.61 Å². The van der Waals surface area contributed by atoms with Crippen LogP contribution in [0.15, 0.2) is 24.3 Å². The van der Waals surface area contributed by atoms with Crippen molar-refractivity contribution in [1.29, 1.82) is 0 Å². The number of ether oxygens (including phenoxy) is 1. The number of hydrogen-bond donors (Lipinski definition) is 2. The average molecular weight is 462 g/mol. The van der Waals surface area contributed by atoms with E-state index in [2.05, 4.69) is 10.6 Å². The largest absolute Gasteiger partial charge is 0.484 e. The van der Waals surface area contributed by atoms with Gasteiger partial charge < -0.3 is 25.1 Å². The van der Waals surface area contributed by atoms with E-state index in [1.807, 2.05) is 0 Å². The van der Waals surface area contributed by atoms with Gasteiger partial charge in [-0.05, 0) is 61.8 Å². The lowest BCUT2D eigenvalue weighted by Gasteiger charge is -2.28. The molecular weight excluding hydrogens is 434 g/mol. The zero-order valence-electron chi connectivity index (χ0n) is 17.8. The molecule has 5 atom stereocenters. The maximum Gasteiger partial charge on any atom is 0.261 e. The zero-order chi connectivity index (χ0) is 22.7. The van der Waals surface area contributed by atoms with Gasteiger partial charge >= 0.3 is 0 Å². The van der Waals surface area contributed by atoms with E-state index in [1.165, 1.54) is 0 Å². The molecule has 0 radical (unpaired) electrons. The average Bonchev–Trinajstić information content (AvgIpc) is 3.48. The van der Waals surface area contributed by atoms with Crippen LogP contribution in [-0.4, -0.2) is 60.7 Å². The van der Waals surface area contributed by atoms with Crippen LogP contribution in [0.2, 0.25) is 5.02 Å². The summed E-state index contributed by atoms with van der Waals surface area (Å²) in [6.45, 7) is 0.928. The first-order valence-corrected chi connectivity index (χ1v) is 11.5. The van der Waals surface area contributed by atoms with Crippen molar-refractivity contribution in [1.82, 2.24) is 15.5 Å². The lowest BCUT2D eigenvalue weighted by molar-refractivity contribution is -0.141. The van der Waals surface area contributed by atoms with E-state index in [4.69, 9.17) is 16.3 Å². The van der Waals surface area contributed by atoms with Crippen LogP contribution in [0.5, 0.6) is 5.75 Å². The molecule has 9 heteroatoms. The Hall–Kier alpha value is -2.61. The molecular formula is C23H28ClN3O5. The van der Waals surface area contributed by atoms with E-state index >= 15 is 0 Å². The molecule has 3 fully saturated rings. The van der Waals surface area contributed by atoms with Gasteiger partial charge in [-0.2, -0.15) is 0 Å². The Kier molecular flexibility index (Phi) is 6.98. The highest BCUT2D eigenvalue weighted by Gasteiger charge is 2.49. The summed E-state index contributed by atoms with van der Waals surface area (Å²) < 4.78 is 5.61. The molecule has 0 bridgehead atoms. The molecule has 32 heavy (non-hydrogen) atoms. The molecule has 172 valence electrons. The van der Waals surface area contributed by atoms with E-state index in [1.54, 1.807) is 29.2 Å². The van der Waals surface area contributed by atoms with E-state index in [9.17, 15) is 19.2 Å². The van der Waals surface area contributed by atoms with Crippen LogP contribution in [0, 0.1) is 17.8 Å². The fraction of sp³-hybridized carbons (Fsp3) is 0.565. The van der Waals surface area contributed by atoms with Gasteiger partial charge in [-0.25, -0.2) is 0 Å². The smallest absolute Gasteiger partial charge is 0.261 e. The van der Waals surface area contributed by atoms with Crippen LogP contribution in [0.25, 0.3) is 0 Å². The molecule has 2 saturated heterocycles. The second-order valence-electron chi connectivity index (χ2n) is 8.85. The van der Waals surface area contributed by atoms with Gasteiger partial charge in [-0.15, -0.1) is 0 Å². The highest BCUT2D eigenvalue weighted by Crippen LogP contribution is 2.42. The van der Waals surface area contributed by atoms with Gasteiger partial charge in [0.05, 0.1) is 6.04 Å². The molecule has 1 aromatic rings. The van der Waals surface area contributed by atoms with Crippen molar-refractivity contribution in [3.05, 3.63) is 29.3 Å². The predicted octanol–water partition coefficient (Wildman–Crippen LogP) is 1.56. The standard InChI is InChI=1S/C23H28ClN3O5/c24-16-4-6-18(7-5-16)32-13-20(29)27-11-15-2-1-3-19(15)21(27)23(31)26-17(12-28)10-14-8-9-25-22(14)30/h4-7,12,14-15,17,19,21H,1-3,8-11,13H2,(H,25,30)(H,26,31). The quantitative estimate of drug-likeness (QED) is 0.571. The Labute approximate surface area is 192 Å². The number of fused-ring (bicyclic) bond motifs is 1. The number of carbonyl (C=O) groups is 4. The summed E-state index contributed by atoms with van der Waals surface area (Å²) in [5.74, 6) is -0.0593. The van der Waals surface area contributed by atoms with Crippen LogP contribution in [0.1, 0.15) is 32.1 Å². The topological polar surface area (TPSA) is 105 Å². The monoisotopic (exact) mass is 461 g/mol. The third-order valence-corrected chi connectivity index (χ3v) is 7.10. The number of nitrogens with one attached hydrogen (secondary N) is 2. The van der Waals surface area contributed by atoms with Crippen LogP contribution < -0.4 is 15.4 Å². The van der Waals surface area contributed by atoms with Crippen molar-refractivity contribution >= 4 is 35.6 Å². The number of likely N-dealkylation sites (tertiary alicyclic amines) is 1. The van der Waals surface area contributed by atoms with E-state index in [-0.39, 0.29) is 48.5 Å². The molecule has 3 aliphatic rings. The molecule has 2 N–H and O–H groups in total. The first-order valence-electron chi connectivity index (χ1n) is 11.2. The lowest BCUT2D eigenvalue weighted by Crippen LogP contribution is -2.52. The maximum atomic E-state index is 13.2. The van der Waals surface area contributed by atoms with Crippen LogP contribution >= 0.6 is 11.6 Å². The molecule has 2 heterocycles. The van der Waals surface area contributed by atoms with Gasteiger partial charge in [-0.1, -0.05) is 18.0 Å². The van der Waals surface area contributed by atoms with Gasteiger partial charge in [0, 0.05) is 24.0 Å². The van der Waals surface area contributed by atoms with E-state index in [0.29, 0.717) is 36.6 Å². The van der Waals surface area contributed by atoms with Gasteiger partial charge in [0.1, 0.15) is 18.1 Å². The van der Waals surface area contributed by atoms with E-state index < -0.39 is 12.1 Å². The highest BCUT2D eigenvalue weighted by molar-refractivity contribution is 6.30. The molecule has 3 amide bonds. The Morgan fingerprint density at radius 2 is 2.03 bits per heavy atom. The lowest BCUT2D eigenvalue weighted by atomic mass is 9.92. The molecule has 4 rings (SSSR count). The van der Waals surface area contributed by atoms with Crippen LogP contribution in [0.3, 0.4) is 0 Å². The fourth-order valence-electron chi connectivity index (χ4n) is 5.25. The van der Waals surface area contributed by atoms with Crippen LogP contribution in [-0.2, 0) is 19.2 Å². The Bertz CT molecular complexity index is 877. The molecule has 8 nitrogen and oxygen atoms in total.